The molecule has 0 amide bonds. The zero-order valence-corrected chi connectivity index (χ0v) is 9.43. The van der Waals surface area contributed by atoms with Gasteiger partial charge in [-0.3, -0.25) is 4.98 Å². The Hall–Kier alpha value is -1.26. The lowest BCUT2D eigenvalue weighted by atomic mass is 10.0. The fraction of sp³-hybridized carbons (Fsp3) is 0.250. The molecule has 82 valence electrons. The van der Waals surface area contributed by atoms with E-state index in [1.54, 1.807) is 17.4 Å². The number of halogens is 1. The van der Waals surface area contributed by atoms with Crippen LogP contribution in [0.25, 0.3) is 0 Å². The quantitative estimate of drug-likeness (QED) is 0.820. The van der Waals surface area contributed by atoms with Crippen LogP contribution in [0.3, 0.4) is 0 Å². The third-order valence-electron chi connectivity index (χ3n) is 2.83. The van der Waals surface area contributed by atoms with Crippen LogP contribution in [0, 0.1) is 5.82 Å². The van der Waals surface area contributed by atoms with E-state index in [1.165, 1.54) is 22.7 Å². The van der Waals surface area contributed by atoms with Crippen LogP contribution in [0.5, 0.6) is 0 Å². The number of nitrogens with one attached hydrogen (secondary N) is 1. The van der Waals surface area contributed by atoms with E-state index in [4.69, 9.17) is 0 Å². The zero-order chi connectivity index (χ0) is 11.0. The van der Waals surface area contributed by atoms with E-state index in [0.717, 1.165) is 18.7 Å². The van der Waals surface area contributed by atoms with Crippen molar-refractivity contribution in [3.8, 4) is 0 Å². The molecule has 0 saturated heterocycles. The van der Waals surface area contributed by atoms with Crippen molar-refractivity contribution < 1.29 is 4.39 Å². The van der Waals surface area contributed by atoms with Gasteiger partial charge in [0, 0.05) is 11.4 Å². The molecule has 16 heavy (non-hydrogen) atoms. The molecule has 0 aromatic carbocycles. The van der Waals surface area contributed by atoms with E-state index in [1.807, 2.05) is 0 Å². The smallest absolute Gasteiger partial charge is 0.141 e. The summed E-state index contributed by atoms with van der Waals surface area (Å²) in [6.45, 7) is 0.952. The van der Waals surface area contributed by atoms with Gasteiger partial charge in [-0.05, 0) is 35.6 Å². The molecule has 1 aliphatic heterocycles. The molecule has 3 heterocycles. The number of pyridine rings is 1. The minimum absolute atomic E-state index is 0.129. The highest BCUT2D eigenvalue weighted by atomic mass is 32.1. The predicted molar refractivity (Wildman–Crippen MR) is 62.1 cm³/mol. The first-order valence-corrected chi connectivity index (χ1v) is 6.13. The lowest BCUT2D eigenvalue weighted by Gasteiger charge is -2.23. The maximum absolute atomic E-state index is 12.8. The Morgan fingerprint density at radius 3 is 3.12 bits per heavy atom. The summed E-state index contributed by atoms with van der Waals surface area (Å²) in [5.41, 5.74) is 2.28. The van der Waals surface area contributed by atoms with Gasteiger partial charge in [0.05, 0.1) is 17.9 Å². The second-order valence-corrected chi connectivity index (χ2v) is 4.80. The van der Waals surface area contributed by atoms with Gasteiger partial charge in [-0.25, -0.2) is 4.39 Å². The first kappa shape index (κ1) is 9.93. The number of fused-ring (bicyclic) bond motifs is 1. The maximum Gasteiger partial charge on any atom is 0.141 e. The van der Waals surface area contributed by atoms with Crippen molar-refractivity contribution in [1.29, 1.82) is 0 Å². The Kier molecular flexibility index (Phi) is 2.46. The number of rotatable bonds is 1. The normalized spacial score (nSPS) is 19.4. The van der Waals surface area contributed by atoms with Crippen LogP contribution < -0.4 is 5.32 Å². The van der Waals surface area contributed by atoms with Gasteiger partial charge in [-0.15, -0.1) is 11.3 Å². The Balaban J connectivity index is 2.00. The molecule has 0 spiro atoms. The zero-order valence-electron chi connectivity index (χ0n) is 8.61. The van der Waals surface area contributed by atoms with Gasteiger partial charge in [0.1, 0.15) is 5.82 Å². The monoisotopic (exact) mass is 234 g/mol. The van der Waals surface area contributed by atoms with Crippen molar-refractivity contribution in [1.82, 2.24) is 10.3 Å². The molecule has 0 aliphatic carbocycles. The van der Waals surface area contributed by atoms with Crippen LogP contribution in [-0.4, -0.2) is 11.5 Å². The predicted octanol–water partition coefficient (Wildman–Crippen LogP) is 2.52. The highest BCUT2D eigenvalue weighted by molar-refractivity contribution is 7.10. The molecule has 4 heteroatoms. The van der Waals surface area contributed by atoms with Crippen LogP contribution in [0.15, 0.2) is 29.8 Å². The first-order chi connectivity index (χ1) is 7.84. The number of hydrogen-bond acceptors (Lipinski definition) is 3. The lowest BCUT2D eigenvalue weighted by Crippen LogP contribution is -2.29. The van der Waals surface area contributed by atoms with Gasteiger partial charge in [-0.2, -0.15) is 0 Å². The van der Waals surface area contributed by atoms with E-state index in [9.17, 15) is 4.39 Å². The molecular formula is C12H11FN2S. The molecule has 3 rings (SSSR count). The number of aromatic nitrogens is 1. The molecular weight excluding hydrogens is 223 g/mol. The van der Waals surface area contributed by atoms with E-state index < -0.39 is 0 Å². The first-order valence-electron chi connectivity index (χ1n) is 5.26. The minimum Gasteiger partial charge on any atom is -0.304 e. The number of hydrogen-bond donors (Lipinski definition) is 1. The number of thiophene rings is 1. The molecule has 0 saturated carbocycles. The third kappa shape index (κ3) is 1.64. The van der Waals surface area contributed by atoms with Gasteiger partial charge >= 0.3 is 0 Å². The molecule has 1 N–H and O–H groups in total. The number of nitrogens with zero attached hydrogens (tertiary/aromatic N) is 1. The standard InChI is InChI=1S/C12H11FN2S/c13-9-1-2-10(15-7-9)11-12-8(3-5-14-11)4-6-16-12/h1-2,4,6-7,11,14H,3,5H2. The molecule has 0 radical (unpaired) electrons. The van der Waals surface area contributed by atoms with Gasteiger partial charge < -0.3 is 5.32 Å². The summed E-state index contributed by atoms with van der Waals surface area (Å²) in [7, 11) is 0. The second kappa shape index (κ2) is 3.96. The van der Waals surface area contributed by atoms with Crippen LogP contribution >= 0.6 is 11.3 Å². The maximum atomic E-state index is 12.8. The summed E-state index contributed by atoms with van der Waals surface area (Å²) in [6, 6.07) is 5.51. The Bertz CT molecular complexity index is 492. The Labute approximate surface area is 97.2 Å². The van der Waals surface area contributed by atoms with Crippen LogP contribution in [-0.2, 0) is 6.42 Å². The van der Waals surface area contributed by atoms with Gasteiger partial charge in [0.2, 0.25) is 0 Å². The van der Waals surface area contributed by atoms with Crippen molar-refractivity contribution in [2.45, 2.75) is 12.5 Å². The minimum atomic E-state index is -0.286. The molecule has 0 fully saturated rings. The van der Waals surface area contributed by atoms with Crippen LogP contribution in [0.4, 0.5) is 4.39 Å². The summed E-state index contributed by atoms with van der Waals surface area (Å²) >= 11 is 1.74. The summed E-state index contributed by atoms with van der Waals surface area (Å²) < 4.78 is 12.8. The fourth-order valence-corrected chi connectivity index (χ4v) is 3.09. The van der Waals surface area contributed by atoms with Gasteiger partial charge in [0.25, 0.3) is 0 Å². The molecule has 2 aromatic heterocycles. The molecule has 1 atom stereocenters. The largest absolute Gasteiger partial charge is 0.304 e. The molecule has 2 nitrogen and oxygen atoms in total. The SMILES string of the molecule is Fc1ccc(C2NCCc3ccsc32)nc1. The van der Waals surface area contributed by atoms with Crippen molar-refractivity contribution >= 4 is 11.3 Å². The van der Waals surface area contributed by atoms with Crippen LogP contribution in [0.2, 0.25) is 0 Å². The van der Waals surface area contributed by atoms with Gasteiger partial charge in [-0.1, -0.05) is 0 Å². The second-order valence-electron chi connectivity index (χ2n) is 3.85. The van der Waals surface area contributed by atoms with E-state index in [0.29, 0.717) is 0 Å². The third-order valence-corrected chi connectivity index (χ3v) is 3.86. The average molecular weight is 234 g/mol. The fourth-order valence-electron chi connectivity index (χ4n) is 2.05. The van der Waals surface area contributed by atoms with Crippen molar-refractivity contribution in [2.75, 3.05) is 6.54 Å². The Morgan fingerprint density at radius 2 is 2.31 bits per heavy atom. The van der Waals surface area contributed by atoms with E-state index in [2.05, 4.69) is 21.7 Å². The topological polar surface area (TPSA) is 24.9 Å². The summed E-state index contributed by atoms with van der Waals surface area (Å²) in [5, 5.41) is 5.53. The average Bonchev–Trinajstić information content (AvgIpc) is 2.78. The van der Waals surface area contributed by atoms with E-state index >= 15 is 0 Å². The molecule has 1 aliphatic rings. The molecule has 1 unspecified atom stereocenters. The summed E-state index contributed by atoms with van der Waals surface area (Å²) in [5.74, 6) is -0.286. The van der Waals surface area contributed by atoms with E-state index in [-0.39, 0.29) is 11.9 Å². The van der Waals surface area contributed by atoms with Crippen molar-refractivity contribution in [3.05, 3.63) is 51.7 Å². The lowest BCUT2D eigenvalue weighted by molar-refractivity contribution is 0.560. The highest BCUT2D eigenvalue weighted by Crippen LogP contribution is 2.31. The highest BCUT2D eigenvalue weighted by Gasteiger charge is 2.23. The molecule has 0 bridgehead atoms. The Morgan fingerprint density at radius 1 is 1.38 bits per heavy atom. The van der Waals surface area contributed by atoms with Gasteiger partial charge in [0.15, 0.2) is 0 Å². The van der Waals surface area contributed by atoms with Crippen molar-refractivity contribution in [3.63, 3.8) is 0 Å². The van der Waals surface area contributed by atoms with Crippen LogP contribution in [0.1, 0.15) is 22.2 Å². The molecule has 2 aromatic rings. The van der Waals surface area contributed by atoms with Crippen molar-refractivity contribution in [2.24, 2.45) is 0 Å². The summed E-state index contributed by atoms with van der Waals surface area (Å²) in [4.78, 5) is 5.46. The summed E-state index contributed by atoms with van der Waals surface area (Å²) in [6.07, 6.45) is 2.34.